The van der Waals surface area contributed by atoms with E-state index in [1.165, 1.54) is 5.57 Å². The van der Waals surface area contributed by atoms with Gasteiger partial charge in [0.1, 0.15) is 0 Å². The molecule has 0 saturated heterocycles. The van der Waals surface area contributed by atoms with E-state index in [2.05, 4.69) is 26.5 Å². The van der Waals surface area contributed by atoms with Crippen molar-refractivity contribution < 1.29 is 14.6 Å². The van der Waals surface area contributed by atoms with E-state index < -0.39 is 0 Å². The van der Waals surface area contributed by atoms with E-state index in [4.69, 9.17) is 14.6 Å². The topological polar surface area (TPSA) is 38.7 Å². The molecular weight excluding hydrogens is 216 g/mol. The van der Waals surface area contributed by atoms with Crippen molar-refractivity contribution in [1.82, 2.24) is 0 Å². The van der Waals surface area contributed by atoms with E-state index in [0.29, 0.717) is 32.3 Å². The first-order chi connectivity index (χ1) is 8.20. The number of hydrogen-bond donors (Lipinski definition) is 1. The summed E-state index contributed by atoms with van der Waals surface area (Å²) in [5.41, 5.74) is 1.25. The van der Waals surface area contributed by atoms with Crippen molar-refractivity contribution in [2.75, 3.05) is 33.0 Å². The molecule has 0 bridgehead atoms. The van der Waals surface area contributed by atoms with E-state index in [1.54, 1.807) is 0 Å². The Morgan fingerprint density at radius 1 is 1.29 bits per heavy atom. The number of aliphatic hydroxyl groups is 1. The van der Waals surface area contributed by atoms with E-state index in [9.17, 15) is 0 Å². The molecule has 0 aliphatic carbocycles. The van der Waals surface area contributed by atoms with Crippen molar-refractivity contribution in [3.63, 3.8) is 0 Å². The van der Waals surface area contributed by atoms with Gasteiger partial charge in [0, 0.05) is 0 Å². The van der Waals surface area contributed by atoms with Crippen LogP contribution in [-0.2, 0) is 9.47 Å². The van der Waals surface area contributed by atoms with Gasteiger partial charge in [-0.15, -0.1) is 6.58 Å². The predicted octanol–water partition coefficient (Wildman–Crippen LogP) is 2.56. The van der Waals surface area contributed by atoms with Crippen LogP contribution in [0, 0.1) is 5.92 Å². The highest BCUT2D eigenvalue weighted by atomic mass is 16.5. The first-order valence-corrected chi connectivity index (χ1v) is 6.25. The van der Waals surface area contributed by atoms with Crippen LogP contribution in [0.25, 0.3) is 0 Å². The summed E-state index contributed by atoms with van der Waals surface area (Å²) in [5, 5.41) is 8.49. The third-order valence-corrected chi connectivity index (χ3v) is 2.45. The summed E-state index contributed by atoms with van der Waals surface area (Å²) in [5.74, 6) is 0.576. The Balaban J connectivity index is 3.41. The highest BCUT2D eigenvalue weighted by Gasteiger charge is 1.95. The fourth-order valence-electron chi connectivity index (χ4n) is 1.29. The lowest BCUT2D eigenvalue weighted by molar-refractivity contribution is 0.0395. The Hall–Kier alpha value is -0.640. The Bertz CT molecular complexity index is 212. The standard InChI is InChI=1S/C14H26O3/c1-4-13(2)6-5-7-14(3)12-17-11-10-16-9-8-15/h4,7,13,15H,1,5-6,8-12H2,2-3H3/b14-7+. The summed E-state index contributed by atoms with van der Waals surface area (Å²) >= 11 is 0. The lowest BCUT2D eigenvalue weighted by Crippen LogP contribution is -2.08. The van der Waals surface area contributed by atoms with Gasteiger partial charge in [0.2, 0.25) is 0 Å². The molecule has 0 aromatic rings. The molecule has 0 saturated carbocycles. The number of allylic oxidation sites excluding steroid dienone is 2. The fraction of sp³-hybridized carbons (Fsp3) is 0.714. The first-order valence-electron chi connectivity index (χ1n) is 6.25. The van der Waals surface area contributed by atoms with Gasteiger partial charge in [0.25, 0.3) is 0 Å². The van der Waals surface area contributed by atoms with Gasteiger partial charge >= 0.3 is 0 Å². The minimum atomic E-state index is 0.0699. The zero-order valence-corrected chi connectivity index (χ0v) is 11.2. The van der Waals surface area contributed by atoms with Crippen LogP contribution in [0.4, 0.5) is 0 Å². The van der Waals surface area contributed by atoms with Crippen LogP contribution in [-0.4, -0.2) is 38.1 Å². The zero-order valence-electron chi connectivity index (χ0n) is 11.2. The SMILES string of the molecule is C=CC(C)CC/C=C(\C)COCCOCCO. The molecule has 0 radical (unpaired) electrons. The molecule has 0 aromatic carbocycles. The highest BCUT2D eigenvalue weighted by Crippen LogP contribution is 2.08. The van der Waals surface area contributed by atoms with Crippen LogP contribution < -0.4 is 0 Å². The molecule has 3 nitrogen and oxygen atoms in total. The highest BCUT2D eigenvalue weighted by molar-refractivity contribution is 4.98. The Morgan fingerprint density at radius 3 is 2.65 bits per heavy atom. The van der Waals surface area contributed by atoms with E-state index in [-0.39, 0.29) is 6.61 Å². The van der Waals surface area contributed by atoms with Gasteiger partial charge in [0.05, 0.1) is 33.0 Å². The summed E-state index contributed by atoms with van der Waals surface area (Å²) in [6.07, 6.45) is 6.41. The molecule has 0 aliphatic rings. The van der Waals surface area contributed by atoms with Gasteiger partial charge in [0.15, 0.2) is 0 Å². The predicted molar refractivity (Wildman–Crippen MR) is 71.1 cm³/mol. The summed E-state index contributed by atoms with van der Waals surface area (Å²) in [6.45, 7) is 10.2. The van der Waals surface area contributed by atoms with Crippen LogP contribution in [0.3, 0.4) is 0 Å². The largest absolute Gasteiger partial charge is 0.394 e. The maximum Gasteiger partial charge on any atom is 0.0704 e. The van der Waals surface area contributed by atoms with Gasteiger partial charge in [-0.25, -0.2) is 0 Å². The minimum absolute atomic E-state index is 0.0699. The lowest BCUT2D eigenvalue weighted by Gasteiger charge is -2.06. The molecule has 1 unspecified atom stereocenters. The zero-order chi connectivity index (χ0) is 12.9. The van der Waals surface area contributed by atoms with Crippen LogP contribution in [0.5, 0.6) is 0 Å². The number of rotatable bonds is 11. The van der Waals surface area contributed by atoms with Gasteiger partial charge in [-0.3, -0.25) is 0 Å². The van der Waals surface area contributed by atoms with Crippen LogP contribution in [0.1, 0.15) is 26.7 Å². The number of ether oxygens (including phenoxy) is 2. The Morgan fingerprint density at radius 2 is 2.00 bits per heavy atom. The second-order valence-electron chi connectivity index (χ2n) is 4.23. The van der Waals surface area contributed by atoms with Crippen LogP contribution >= 0.6 is 0 Å². The van der Waals surface area contributed by atoms with Crippen molar-refractivity contribution in [2.24, 2.45) is 5.92 Å². The lowest BCUT2D eigenvalue weighted by atomic mass is 10.1. The third kappa shape index (κ3) is 11.6. The smallest absolute Gasteiger partial charge is 0.0704 e. The minimum Gasteiger partial charge on any atom is -0.394 e. The maximum absolute atomic E-state index is 8.49. The first kappa shape index (κ1) is 16.4. The fourth-order valence-corrected chi connectivity index (χ4v) is 1.29. The molecule has 0 heterocycles. The maximum atomic E-state index is 8.49. The second kappa shape index (κ2) is 11.8. The van der Waals surface area contributed by atoms with Crippen molar-refractivity contribution in [3.05, 3.63) is 24.3 Å². The third-order valence-electron chi connectivity index (χ3n) is 2.45. The van der Waals surface area contributed by atoms with Crippen LogP contribution in [0.2, 0.25) is 0 Å². The summed E-state index contributed by atoms with van der Waals surface area (Å²) < 4.78 is 10.5. The normalized spacial score (nSPS) is 13.7. The molecular formula is C14H26O3. The quantitative estimate of drug-likeness (QED) is 0.447. The molecule has 100 valence electrons. The van der Waals surface area contributed by atoms with Gasteiger partial charge in [-0.05, 0) is 25.7 Å². The van der Waals surface area contributed by atoms with E-state index in [0.717, 1.165) is 12.8 Å². The van der Waals surface area contributed by atoms with Crippen molar-refractivity contribution in [1.29, 1.82) is 0 Å². The van der Waals surface area contributed by atoms with Gasteiger partial charge in [-0.2, -0.15) is 0 Å². The van der Waals surface area contributed by atoms with E-state index >= 15 is 0 Å². The Kier molecular flexibility index (Phi) is 11.4. The van der Waals surface area contributed by atoms with Crippen LogP contribution in [0.15, 0.2) is 24.3 Å². The molecule has 0 fully saturated rings. The van der Waals surface area contributed by atoms with Crippen molar-refractivity contribution in [2.45, 2.75) is 26.7 Å². The molecule has 0 spiro atoms. The Labute approximate surface area is 105 Å². The monoisotopic (exact) mass is 242 g/mol. The summed E-state index contributed by atoms with van der Waals surface area (Å²) in [6, 6.07) is 0. The van der Waals surface area contributed by atoms with Crippen molar-refractivity contribution in [3.8, 4) is 0 Å². The summed E-state index contributed by atoms with van der Waals surface area (Å²) in [4.78, 5) is 0. The molecule has 0 amide bonds. The molecule has 3 heteroatoms. The average molecular weight is 242 g/mol. The van der Waals surface area contributed by atoms with Gasteiger partial charge < -0.3 is 14.6 Å². The van der Waals surface area contributed by atoms with Gasteiger partial charge in [-0.1, -0.05) is 24.6 Å². The second-order valence-corrected chi connectivity index (χ2v) is 4.23. The molecule has 1 N–H and O–H groups in total. The molecule has 0 rings (SSSR count). The van der Waals surface area contributed by atoms with Crippen molar-refractivity contribution >= 4 is 0 Å². The molecule has 0 aromatic heterocycles. The van der Waals surface area contributed by atoms with E-state index in [1.807, 2.05) is 6.08 Å². The average Bonchev–Trinajstić information content (AvgIpc) is 2.33. The number of hydrogen-bond acceptors (Lipinski definition) is 3. The number of aliphatic hydroxyl groups excluding tert-OH is 1. The molecule has 1 atom stereocenters. The summed E-state index contributed by atoms with van der Waals surface area (Å²) in [7, 11) is 0. The molecule has 17 heavy (non-hydrogen) atoms. The molecule has 0 aliphatic heterocycles.